The van der Waals surface area contributed by atoms with Gasteiger partial charge < -0.3 is 4.74 Å². The fourth-order valence-electron chi connectivity index (χ4n) is 2.96. The van der Waals surface area contributed by atoms with Crippen molar-refractivity contribution in [2.24, 2.45) is 5.92 Å². The first-order chi connectivity index (χ1) is 10.1. The third-order valence-corrected chi connectivity index (χ3v) is 5.63. The lowest BCUT2D eigenvalue weighted by atomic mass is 10.0. The van der Waals surface area contributed by atoms with Crippen LogP contribution in [0.5, 0.6) is 0 Å². The molecule has 2 nitrogen and oxygen atoms in total. The fraction of sp³-hybridized carbons (Fsp3) is 0.235. The average molecular weight is 321 g/mol. The van der Waals surface area contributed by atoms with Gasteiger partial charge in [-0.1, -0.05) is 60.7 Å². The third-order valence-electron chi connectivity index (χ3n) is 4.07. The molecule has 1 aliphatic carbocycles. The molecule has 2 unspecified atom stereocenters. The lowest BCUT2D eigenvalue weighted by molar-refractivity contribution is -0.142. The molecule has 0 aliphatic heterocycles. The molecule has 1 saturated carbocycles. The molecule has 0 amide bonds. The van der Waals surface area contributed by atoms with E-state index in [1.165, 1.54) is 7.11 Å². The van der Waals surface area contributed by atoms with E-state index < -0.39 is 21.6 Å². The molecule has 2 atom stereocenters. The van der Waals surface area contributed by atoms with E-state index >= 15 is 0 Å². The van der Waals surface area contributed by atoms with Crippen LogP contribution in [-0.2, 0) is 19.3 Å². The number of hydrogen-bond donors (Lipinski definition) is 0. The van der Waals surface area contributed by atoms with E-state index in [0.717, 1.165) is 11.1 Å². The summed E-state index contributed by atoms with van der Waals surface area (Å²) in [6.45, 7) is 0. The Morgan fingerprint density at radius 3 is 1.62 bits per heavy atom. The van der Waals surface area contributed by atoms with E-state index in [9.17, 15) is 4.79 Å². The van der Waals surface area contributed by atoms with Crippen LogP contribution >= 0.6 is 23.2 Å². The third kappa shape index (κ3) is 1.90. The second-order valence-corrected chi connectivity index (χ2v) is 6.30. The van der Waals surface area contributed by atoms with Crippen molar-refractivity contribution < 1.29 is 9.53 Å². The van der Waals surface area contributed by atoms with Crippen molar-refractivity contribution in [2.75, 3.05) is 7.11 Å². The van der Waals surface area contributed by atoms with Crippen LogP contribution in [-0.4, -0.2) is 13.1 Å². The number of hydrogen-bond acceptors (Lipinski definition) is 2. The summed E-state index contributed by atoms with van der Waals surface area (Å²) in [5, 5.41) is 0. The minimum absolute atomic E-state index is 0.396. The van der Waals surface area contributed by atoms with Gasteiger partial charge in [0.2, 0.25) is 0 Å². The molecule has 0 spiro atoms. The molecule has 108 valence electrons. The summed E-state index contributed by atoms with van der Waals surface area (Å²) in [5.41, 5.74) is 1.64. The van der Waals surface area contributed by atoms with Crippen molar-refractivity contribution in [2.45, 2.75) is 9.75 Å². The van der Waals surface area contributed by atoms with Gasteiger partial charge in [0, 0.05) is 0 Å². The molecule has 0 heterocycles. The summed E-state index contributed by atoms with van der Waals surface area (Å²) in [7, 11) is 1.35. The van der Waals surface area contributed by atoms with Crippen LogP contribution < -0.4 is 0 Å². The second-order valence-electron chi connectivity index (χ2n) is 5.11. The summed E-state index contributed by atoms with van der Waals surface area (Å²) in [6, 6.07) is 18.9. The van der Waals surface area contributed by atoms with E-state index in [1.54, 1.807) is 0 Å². The highest BCUT2D eigenvalue weighted by atomic mass is 35.5. The quantitative estimate of drug-likeness (QED) is 0.629. The second kappa shape index (κ2) is 5.04. The van der Waals surface area contributed by atoms with Crippen LogP contribution in [0, 0.1) is 5.92 Å². The monoisotopic (exact) mass is 320 g/mol. The molecule has 0 bridgehead atoms. The predicted octanol–water partition coefficient (Wildman–Crippen LogP) is 4.06. The van der Waals surface area contributed by atoms with Crippen LogP contribution in [0.3, 0.4) is 0 Å². The van der Waals surface area contributed by atoms with Crippen molar-refractivity contribution in [3.63, 3.8) is 0 Å². The van der Waals surface area contributed by atoms with Gasteiger partial charge in [-0.3, -0.25) is 4.79 Å². The Kier molecular flexibility index (Phi) is 3.46. The zero-order chi connectivity index (χ0) is 15.1. The predicted molar refractivity (Wildman–Crippen MR) is 83.5 cm³/mol. The Hall–Kier alpha value is -1.51. The van der Waals surface area contributed by atoms with Crippen LogP contribution in [0.25, 0.3) is 0 Å². The highest BCUT2D eigenvalue weighted by Gasteiger charge is 2.81. The summed E-state index contributed by atoms with van der Waals surface area (Å²) in [4.78, 5) is 10.2. The first-order valence-corrected chi connectivity index (χ1v) is 7.39. The number of methoxy groups -OCH3 is 1. The first kappa shape index (κ1) is 14.4. The zero-order valence-electron chi connectivity index (χ0n) is 11.4. The number of alkyl halides is 2. The molecule has 2 aromatic rings. The number of carbonyl (C=O) groups is 1. The number of ether oxygens (including phenoxy) is 1. The first-order valence-electron chi connectivity index (χ1n) is 6.63. The molecule has 1 fully saturated rings. The van der Waals surface area contributed by atoms with Gasteiger partial charge in [0.05, 0.1) is 7.11 Å². The highest BCUT2D eigenvalue weighted by molar-refractivity contribution is 6.42. The molecule has 4 heteroatoms. The summed E-state index contributed by atoms with van der Waals surface area (Å²) >= 11 is 13.6. The van der Waals surface area contributed by atoms with Gasteiger partial charge >= 0.3 is 5.97 Å². The molecular formula is C17H14Cl2O2. The Morgan fingerprint density at radius 1 is 0.905 bits per heavy atom. The molecule has 21 heavy (non-hydrogen) atoms. The Labute approximate surface area is 133 Å². The van der Waals surface area contributed by atoms with Gasteiger partial charge in [0.1, 0.15) is 15.7 Å². The largest absolute Gasteiger partial charge is 0.469 e. The standard InChI is InChI=1S/C17H14Cl2O2/c1-21-15(20)14-16(18,12-8-4-2-5-9-12)17(14,19)13-10-6-3-7-11-13/h2-11,14H,1H3. The molecule has 3 rings (SSSR count). The van der Waals surface area contributed by atoms with Gasteiger partial charge in [-0.2, -0.15) is 0 Å². The van der Waals surface area contributed by atoms with Crippen molar-refractivity contribution in [3.8, 4) is 0 Å². The molecule has 2 aromatic carbocycles. The molecular weight excluding hydrogens is 307 g/mol. The van der Waals surface area contributed by atoms with E-state index in [1.807, 2.05) is 60.7 Å². The van der Waals surface area contributed by atoms with E-state index in [-0.39, 0.29) is 0 Å². The maximum Gasteiger partial charge on any atom is 0.313 e. The maximum atomic E-state index is 12.2. The number of rotatable bonds is 3. The Bertz CT molecular complexity index is 608. The molecule has 1 aliphatic rings. The van der Waals surface area contributed by atoms with Crippen LogP contribution in [0.1, 0.15) is 11.1 Å². The Balaban J connectivity index is 2.13. The van der Waals surface area contributed by atoms with Gasteiger partial charge in [0.25, 0.3) is 0 Å². The van der Waals surface area contributed by atoms with Gasteiger partial charge in [-0.25, -0.2) is 0 Å². The highest BCUT2D eigenvalue weighted by Crippen LogP contribution is 2.75. The SMILES string of the molecule is COC(=O)C1C(Cl)(c2ccccc2)C1(Cl)c1ccccc1. The van der Waals surface area contributed by atoms with Crippen molar-refractivity contribution >= 4 is 29.2 Å². The minimum Gasteiger partial charge on any atom is -0.469 e. The fourth-order valence-corrected chi connectivity index (χ4v) is 4.10. The van der Waals surface area contributed by atoms with E-state index in [0.29, 0.717) is 0 Å². The zero-order valence-corrected chi connectivity index (χ0v) is 12.9. The molecule has 0 aromatic heterocycles. The van der Waals surface area contributed by atoms with Gasteiger partial charge in [-0.15, -0.1) is 23.2 Å². The number of carbonyl (C=O) groups excluding carboxylic acids is 1. The summed E-state index contributed by atoms with van der Waals surface area (Å²) < 4.78 is 4.90. The molecule has 0 N–H and O–H groups in total. The van der Waals surface area contributed by atoms with Crippen LogP contribution in [0.15, 0.2) is 60.7 Å². The molecule has 0 radical (unpaired) electrons. The minimum atomic E-state index is -0.996. The van der Waals surface area contributed by atoms with Crippen molar-refractivity contribution in [1.82, 2.24) is 0 Å². The van der Waals surface area contributed by atoms with Crippen LogP contribution in [0.4, 0.5) is 0 Å². The number of halogens is 2. The molecule has 0 saturated heterocycles. The summed E-state index contributed by atoms with van der Waals surface area (Å²) in [5.74, 6) is -1.02. The van der Waals surface area contributed by atoms with Crippen molar-refractivity contribution in [1.29, 1.82) is 0 Å². The smallest absolute Gasteiger partial charge is 0.313 e. The van der Waals surface area contributed by atoms with Gasteiger partial charge in [0.15, 0.2) is 0 Å². The summed E-state index contributed by atoms with van der Waals surface area (Å²) in [6.07, 6.45) is 0. The van der Waals surface area contributed by atoms with E-state index in [2.05, 4.69) is 0 Å². The average Bonchev–Trinajstić information content (AvgIpc) is 3.07. The topological polar surface area (TPSA) is 26.3 Å². The number of benzene rings is 2. The lowest BCUT2D eigenvalue weighted by Gasteiger charge is -2.15. The lowest BCUT2D eigenvalue weighted by Crippen LogP contribution is -2.11. The van der Waals surface area contributed by atoms with Crippen molar-refractivity contribution in [3.05, 3.63) is 71.8 Å². The van der Waals surface area contributed by atoms with Crippen LogP contribution in [0.2, 0.25) is 0 Å². The Morgan fingerprint density at radius 2 is 1.29 bits per heavy atom. The van der Waals surface area contributed by atoms with E-state index in [4.69, 9.17) is 27.9 Å². The van der Waals surface area contributed by atoms with Gasteiger partial charge in [-0.05, 0) is 11.1 Å². The maximum absolute atomic E-state index is 12.2. The number of esters is 1. The normalized spacial score (nSPS) is 30.7.